The van der Waals surface area contributed by atoms with Gasteiger partial charge in [-0.1, -0.05) is 87.6 Å². The molecule has 0 heterocycles. The number of hydrogen-bond acceptors (Lipinski definition) is 1. The monoisotopic (exact) mass is 329 g/mol. The number of aryl methyl sites for hydroxylation is 2. The first-order valence-electron chi connectivity index (χ1n) is 10.1. The molecule has 0 unspecified atom stereocenters. The van der Waals surface area contributed by atoms with Crippen LogP contribution in [0.15, 0.2) is 24.3 Å². The molecule has 1 aromatic carbocycles. The second-order valence-corrected chi connectivity index (χ2v) is 7.51. The van der Waals surface area contributed by atoms with Crippen LogP contribution in [-0.2, 0) is 11.2 Å². The maximum atomic E-state index is 12.3. The molecule has 1 fully saturated rings. The SMILES string of the molecule is Cc1ccc(CCC(=O)NC2CCCCCCCCCCC2)cc1. The van der Waals surface area contributed by atoms with E-state index >= 15 is 0 Å². The van der Waals surface area contributed by atoms with E-state index in [-0.39, 0.29) is 5.91 Å². The Morgan fingerprint density at radius 1 is 0.875 bits per heavy atom. The normalized spacial score (nSPS) is 18.4. The molecule has 1 aromatic rings. The summed E-state index contributed by atoms with van der Waals surface area (Å²) in [5.41, 5.74) is 2.53. The van der Waals surface area contributed by atoms with Gasteiger partial charge >= 0.3 is 0 Å². The van der Waals surface area contributed by atoms with Crippen LogP contribution in [0.25, 0.3) is 0 Å². The minimum Gasteiger partial charge on any atom is -0.353 e. The van der Waals surface area contributed by atoms with Crippen LogP contribution in [0.5, 0.6) is 0 Å². The second kappa shape index (κ2) is 11.3. The third kappa shape index (κ3) is 7.99. The maximum Gasteiger partial charge on any atom is 0.220 e. The summed E-state index contributed by atoms with van der Waals surface area (Å²) in [7, 11) is 0. The lowest BCUT2D eigenvalue weighted by molar-refractivity contribution is -0.121. The summed E-state index contributed by atoms with van der Waals surface area (Å²) in [5.74, 6) is 0.229. The summed E-state index contributed by atoms with van der Waals surface area (Å²) in [4.78, 5) is 12.3. The van der Waals surface area contributed by atoms with Crippen molar-refractivity contribution in [2.24, 2.45) is 0 Å². The zero-order valence-corrected chi connectivity index (χ0v) is 15.5. The van der Waals surface area contributed by atoms with Crippen LogP contribution in [0.3, 0.4) is 0 Å². The van der Waals surface area contributed by atoms with Crippen LogP contribution in [0.2, 0.25) is 0 Å². The molecule has 1 saturated carbocycles. The minimum absolute atomic E-state index is 0.229. The Hall–Kier alpha value is -1.31. The van der Waals surface area contributed by atoms with Crippen molar-refractivity contribution in [2.45, 2.75) is 96.4 Å². The molecule has 0 aliphatic heterocycles. The summed E-state index contributed by atoms with van der Waals surface area (Å²) >= 11 is 0. The summed E-state index contributed by atoms with van der Waals surface area (Å²) < 4.78 is 0. The average Bonchev–Trinajstić information content (AvgIpc) is 2.57. The Morgan fingerprint density at radius 2 is 1.38 bits per heavy atom. The molecule has 1 amide bonds. The maximum absolute atomic E-state index is 12.3. The molecule has 2 nitrogen and oxygen atoms in total. The van der Waals surface area contributed by atoms with Crippen molar-refractivity contribution < 1.29 is 4.79 Å². The van der Waals surface area contributed by atoms with Gasteiger partial charge in [0.1, 0.15) is 0 Å². The number of nitrogens with one attached hydrogen (secondary N) is 1. The molecule has 0 aromatic heterocycles. The zero-order valence-electron chi connectivity index (χ0n) is 15.5. The fraction of sp³-hybridized carbons (Fsp3) is 0.682. The molecule has 0 bridgehead atoms. The molecular formula is C22H35NO. The van der Waals surface area contributed by atoms with Gasteiger partial charge in [-0.05, 0) is 31.7 Å². The first-order valence-corrected chi connectivity index (χ1v) is 10.1. The van der Waals surface area contributed by atoms with Gasteiger partial charge in [0, 0.05) is 12.5 Å². The van der Waals surface area contributed by atoms with Gasteiger partial charge in [-0.15, -0.1) is 0 Å². The topological polar surface area (TPSA) is 29.1 Å². The van der Waals surface area contributed by atoms with Crippen LogP contribution in [-0.4, -0.2) is 11.9 Å². The van der Waals surface area contributed by atoms with E-state index in [0.29, 0.717) is 12.5 Å². The average molecular weight is 330 g/mol. The van der Waals surface area contributed by atoms with E-state index in [4.69, 9.17) is 0 Å². The van der Waals surface area contributed by atoms with E-state index in [1.165, 1.54) is 68.9 Å². The highest BCUT2D eigenvalue weighted by atomic mass is 16.1. The van der Waals surface area contributed by atoms with Crippen molar-refractivity contribution in [3.05, 3.63) is 35.4 Å². The molecule has 1 aliphatic rings. The summed E-state index contributed by atoms with van der Waals surface area (Å²) in [6, 6.07) is 8.92. The lowest BCUT2D eigenvalue weighted by Crippen LogP contribution is -2.35. The molecule has 0 atom stereocenters. The van der Waals surface area contributed by atoms with E-state index in [1.54, 1.807) is 0 Å². The quantitative estimate of drug-likeness (QED) is 0.752. The highest BCUT2D eigenvalue weighted by molar-refractivity contribution is 5.76. The number of rotatable bonds is 4. The van der Waals surface area contributed by atoms with Crippen molar-refractivity contribution in [3.8, 4) is 0 Å². The fourth-order valence-corrected chi connectivity index (χ4v) is 3.62. The second-order valence-electron chi connectivity index (χ2n) is 7.51. The van der Waals surface area contributed by atoms with Gasteiger partial charge in [-0.25, -0.2) is 0 Å². The summed E-state index contributed by atoms with van der Waals surface area (Å²) in [5, 5.41) is 3.31. The van der Waals surface area contributed by atoms with Crippen molar-refractivity contribution >= 4 is 5.91 Å². The first kappa shape index (κ1) is 19.0. The Bertz CT molecular complexity index is 453. The largest absolute Gasteiger partial charge is 0.353 e. The number of benzene rings is 1. The molecule has 0 saturated heterocycles. The lowest BCUT2D eigenvalue weighted by atomic mass is 9.97. The number of amides is 1. The molecule has 0 spiro atoms. The van der Waals surface area contributed by atoms with Crippen LogP contribution in [0.4, 0.5) is 0 Å². The third-order valence-electron chi connectivity index (χ3n) is 5.23. The van der Waals surface area contributed by atoms with E-state index in [1.807, 2.05) is 0 Å². The van der Waals surface area contributed by atoms with Crippen LogP contribution in [0, 0.1) is 6.92 Å². The zero-order chi connectivity index (χ0) is 17.0. The molecule has 0 radical (unpaired) electrons. The molecule has 1 aliphatic carbocycles. The van der Waals surface area contributed by atoms with Crippen LogP contribution < -0.4 is 5.32 Å². The van der Waals surface area contributed by atoms with E-state index in [9.17, 15) is 4.79 Å². The van der Waals surface area contributed by atoms with Crippen LogP contribution in [0.1, 0.15) is 88.2 Å². The van der Waals surface area contributed by atoms with Crippen molar-refractivity contribution in [2.75, 3.05) is 0 Å². The van der Waals surface area contributed by atoms with Crippen molar-refractivity contribution in [1.82, 2.24) is 5.32 Å². The smallest absolute Gasteiger partial charge is 0.220 e. The van der Waals surface area contributed by atoms with E-state index in [0.717, 1.165) is 19.3 Å². The summed E-state index contributed by atoms with van der Waals surface area (Å²) in [6.07, 6.45) is 15.9. The highest BCUT2D eigenvalue weighted by Crippen LogP contribution is 2.17. The molecule has 134 valence electrons. The Balaban J connectivity index is 1.73. The van der Waals surface area contributed by atoms with Crippen molar-refractivity contribution in [3.63, 3.8) is 0 Å². The molecule has 24 heavy (non-hydrogen) atoms. The predicted octanol–water partition coefficient (Wildman–Crippen LogP) is 5.72. The molecule has 1 N–H and O–H groups in total. The molecule has 2 heteroatoms. The standard InChI is InChI=1S/C22H35NO/c1-19-13-15-20(16-14-19)17-18-22(24)23-21-11-9-7-5-3-2-4-6-8-10-12-21/h13-16,21H,2-12,17-18H2,1H3,(H,23,24). The van der Waals surface area contributed by atoms with Crippen LogP contribution >= 0.6 is 0 Å². The van der Waals surface area contributed by atoms with E-state index < -0.39 is 0 Å². The van der Waals surface area contributed by atoms with Gasteiger partial charge in [-0.2, -0.15) is 0 Å². The van der Waals surface area contributed by atoms with Gasteiger partial charge < -0.3 is 5.32 Å². The Labute approximate surface area is 148 Å². The Morgan fingerprint density at radius 3 is 1.92 bits per heavy atom. The fourth-order valence-electron chi connectivity index (χ4n) is 3.62. The number of hydrogen-bond donors (Lipinski definition) is 1. The van der Waals surface area contributed by atoms with Gasteiger partial charge in [0.05, 0.1) is 0 Å². The number of carbonyl (C=O) groups excluding carboxylic acids is 1. The molecular weight excluding hydrogens is 294 g/mol. The first-order chi connectivity index (χ1) is 11.7. The van der Waals surface area contributed by atoms with Gasteiger partial charge in [0.25, 0.3) is 0 Å². The van der Waals surface area contributed by atoms with E-state index in [2.05, 4.69) is 36.5 Å². The third-order valence-corrected chi connectivity index (χ3v) is 5.23. The minimum atomic E-state index is 0.229. The molecule has 2 rings (SSSR count). The highest BCUT2D eigenvalue weighted by Gasteiger charge is 2.12. The van der Waals surface area contributed by atoms with Gasteiger partial charge in [0.15, 0.2) is 0 Å². The lowest BCUT2D eigenvalue weighted by Gasteiger charge is -2.19. The van der Waals surface area contributed by atoms with Gasteiger partial charge in [0.2, 0.25) is 5.91 Å². The van der Waals surface area contributed by atoms with Gasteiger partial charge in [-0.3, -0.25) is 4.79 Å². The Kier molecular flexibility index (Phi) is 8.94. The summed E-state index contributed by atoms with van der Waals surface area (Å²) in [6.45, 7) is 2.10. The number of carbonyl (C=O) groups is 1. The van der Waals surface area contributed by atoms with Crippen molar-refractivity contribution in [1.29, 1.82) is 0 Å². The predicted molar refractivity (Wildman–Crippen MR) is 102 cm³/mol.